The van der Waals surface area contributed by atoms with E-state index in [9.17, 15) is 4.79 Å². The first-order valence-corrected chi connectivity index (χ1v) is 6.65. The van der Waals surface area contributed by atoms with Gasteiger partial charge in [-0.3, -0.25) is 4.79 Å². The number of halogens is 2. The van der Waals surface area contributed by atoms with Crippen molar-refractivity contribution in [2.75, 3.05) is 12.4 Å². The van der Waals surface area contributed by atoms with E-state index in [4.69, 9.17) is 16.3 Å². The van der Waals surface area contributed by atoms with E-state index in [-0.39, 0.29) is 5.91 Å². The van der Waals surface area contributed by atoms with Gasteiger partial charge in [-0.1, -0.05) is 11.6 Å². The normalized spacial score (nSPS) is 10.3. The van der Waals surface area contributed by atoms with Crippen LogP contribution in [0.3, 0.4) is 0 Å². The van der Waals surface area contributed by atoms with E-state index in [2.05, 4.69) is 21.2 Å². The molecule has 0 saturated heterocycles. The minimum absolute atomic E-state index is 0.197. The van der Waals surface area contributed by atoms with E-state index >= 15 is 0 Å². The van der Waals surface area contributed by atoms with Crippen LogP contribution in [-0.4, -0.2) is 17.6 Å². The Balaban J connectivity index is 2.21. The molecular formula is C13H12BrClN2O2. The molecule has 0 fully saturated rings. The lowest BCUT2D eigenvalue weighted by Crippen LogP contribution is -2.15. The molecular weight excluding hydrogens is 332 g/mol. The fourth-order valence-electron chi connectivity index (χ4n) is 1.68. The Morgan fingerprint density at radius 3 is 2.74 bits per heavy atom. The third kappa shape index (κ3) is 3.11. The molecule has 6 heteroatoms. The zero-order chi connectivity index (χ0) is 14.0. The molecule has 0 spiro atoms. The molecule has 1 heterocycles. The summed E-state index contributed by atoms with van der Waals surface area (Å²) in [6, 6.07) is 6.83. The molecule has 1 amide bonds. The molecule has 0 aliphatic heterocycles. The highest BCUT2D eigenvalue weighted by atomic mass is 79.9. The molecule has 0 aliphatic carbocycles. The summed E-state index contributed by atoms with van der Waals surface area (Å²) in [6.07, 6.45) is 1.82. The molecule has 0 bridgehead atoms. The second kappa shape index (κ2) is 5.67. The number of ether oxygens (including phenoxy) is 1. The molecule has 0 atom stereocenters. The number of aryl methyl sites for hydroxylation is 1. The van der Waals surface area contributed by atoms with Crippen molar-refractivity contribution >= 4 is 39.1 Å². The third-order valence-electron chi connectivity index (χ3n) is 2.61. The number of benzene rings is 1. The Hall–Kier alpha value is -1.46. The fraction of sp³-hybridized carbons (Fsp3) is 0.154. The SMILES string of the molecule is COc1cc(NC(=O)c2cc(Br)cn2C)ccc1Cl. The third-order valence-corrected chi connectivity index (χ3v) is 3.36. The number of aromatic nitrogens is 1. The van der Waals surface area contributed by atoms with Crippen molar-refractivity contribution in [1.82, 2.24) is 4.57 Å². The number of carbonyl (C=O) groups excluding carboxylic acids is 1. The van der Waals surface area contributed by atoms with Gasteiger partial charge in [0, 0.05) is 29.5 Å². The minimum atomic E-state index is -0.197. The van der Waals surface area contributed by atoms with Gasteiger partial charge in [-0.25, -0.2) is 0 Å². The molecule has 100 valence electrons. The van der Waals surface area contributed by atoms with E-state index in [0.717, 1.165) is 4.47 Å². The lowest BCUT2D eigenvalue weighted by molar-refractivity contribution is 0.101. The van der Waals surface area contributed by atoms with Gasteiger partial charge in [-0.2, -0.15) is 0 Å². The Kier molecular flexibility index (Phi) is 4.17. The van der Waals surface area contributed by atoms with Gasteiger partial charge < -0.3 is 14.6 Å². The topological polar surface area (TPSA) is 43.3 Å². The maximum Gasteiger partial charge on any atom is 0.272 e. The first-order chi connectivity index (χ1) is 9.01. The molecule has 1 N–H and O–H groups in total. The van der Waals surface area contributed by atoms with Crippen LogP contribution in [0.4, 0.5) is 5.69 Å². The summed E-state index contributed by atoms with van der Waals surface area (Å²) in [6.45, 7) is 0. The fourth-order valence-corrected chi connectivity index (χ4v) is 2.40. The predicted octanol–water partition coefficient (Wildman–Crippen LogP) is 3.70. The average molecular weight is 344 g/mol. The van der Waals surface area contributed by atoms with Crippen LogP contribution in [0, 0.1) is 0 Å². The van der Waals surface area contributed by atoms with Gasteiger partial charge in [0.2, 0.25) is 0 Å². The zero-order valence-corrected chi connectivity index (χ0v) is 12.7. The van der Waals surface area contributed by atoms with E-state index in [1.54, 1.807) is 28.8 Å². The second-order valence-electron chi connectivity index (χ2n) is 3.96. The van der Waals surface area contributed by atoms with Crippen LogP contribution >= 0.6 is 27.5 Å². The van der Waals surface area contributed by atoms with Gasteiger partial charge in [0.25, 0.3) is 5.91 Å². The van der Waals surface area contributed by atoms with E-state index in [1.807, 2.05) is 13.2 Å². The molecule has 0 unspecified atom stereocenters. The van der Waals surface area contributed by atoms with Crippen LogP contribution in [0.15, 0.2) is 34.9 Å². The Morgan fingerprint density at radius 1 is 1.42 bits per heavy atom. The summed E-state index contributed by atoms with van der Waals surface area (Å²) in [7, 11) is 3.34. The van der Waals surface area contributed by atoms with Crippen LogP contribution in [0.5, 0.6) is 5.75 Å². The number of hydrogen-bond acceptors (Lipinski definition) is 2. The molecule has 2 aromatic rings. The van der Waals surface area contributed by atoms with Gasteiger partial charge in [0.15, 0.2) is 0 Å². The van der Waals surface area contributed by atoms with Crippen molar-refractivity contribution in [1.29, 1.82) is 0 Å². The molecule has 2 rings (SSSR count). The van der Waals surface area contributed by atoms with Crippen molar-refractivity contribution in [3.05, 3.63) is 45.7 Å². The number of methoxy groups -OCH3 is 1. The summed E-state index contributed by atoms with van der Waals surface area (Å²) in [4.78, 5) is 12.1. The molecule has 0 radical (unpaired) electrons. The zero-order valence-electron chi connectivity index (χ0n) is 10.4. The Morgan fingerprint density at radius 2 is 2.16 bits per heavy atom. The Labute approximate surface area is 124 Å². The van der Waals surface area contributed by atoms with Gasteiger partial charge >= 0.3 is 0 Å². The highest BCUT2D eigenvalue weighted by Gasteiger charge is 2.12. The predicted molar refractivity (Wildman–Crippen MR) is 79.1 cm³/mol. The maximum absolute atomic E-state index is 12.1. The number of carbonyl (C=O) groups is 1. The number of anilines is 1. The molecule has 1 aromatic heterocycles. The highest BCUT2D eigenvalue weighted by molar-refractivity contribution is 9.10. The molecule has 19 heavy (non-hydrogen) atoms. The first-order valence-electron chi connectivity index (χ1n) is 5.48. The Bertz CT molecular complexity index is 625. The quantitative estimate of drug-likeness (QED) is 0.923. The highest BCUT2D eigenvalue weighted by Crippen LogP contribution is 2.27. The summed E-state index contributed by atoms with van der Waals surface area (Å²) >= 11 is 9.26. The van der Waals surface area contributed by atoms with Crippen molar-refractivity contribution in [2.45, 2.75) is 0 Å². The monoisotopic (exact) mass is 342 g/mol. The van der Waals surface area contributed by atoms with Gasteiger partial charge in [0.1, 0.15) is 11.4 Å². The molecule has 4 nitrogen and oxygen atoms in total. The van der Waals surface area contributed by atoms with Gasteiger partial charge in [0.05, 0.1) is 12.1 Å². The van der Waals surface area contributed by atoms with Crippen LogP contribution in [0.25, 0.3) is 0 Å². The largest absolute Gasteiger partial charge is 0.495 e. The summed E-state index contributed by atoms with van der Waals surface area (Å²) in [5, 5.41) is 3.30. The number of hydrogen-bond donors (Lipinski definition) is 1. The van der Waals surface area contributed by atoms with E-state index in [1.165, 1.54) is 7.11 Å². The molecule has 0 saturated carbocycles. The summed E-state index contributed by atoms with van der Waals surface area (Å²) in [5.74, 6) is 0.324. The molecule has 1 aromatic carbocycles. The lowest BCUT2D eigenvalue weighted by atomic mass is 10.3. The van der Waals surface area contributed by atoms with Crippen molar-refractivity contribution < 1.29 is 9.53 Å². The number of amides is 1. The van der Waals surface area contributed by atoms with Crippen molar-refractivity contribution in [3.63, 3.8) is 0 Å². The number of rotatable bonds is 3. The van der Waals surface area contributed by atoms with Crippen LogP contribution in [0.2, 0.25) is 5.02 Å². The van der Waals surface area contributed by atoms with Gasteiger partial charge in [-0.15, -0.1) is 0 Å². The van der Waals surface area contributed by atoms with E-state index < -0.39 is 0 Å². The summed E-state index contributed by atoms with van der Waals surface area (Å²) in [5.41, 5.74) is 1.18. The smallest absolute Gasteiger partial charge is 0.272 e. The van der Waals surface area contributed by atoms with Crippen LogP contribution in [-0.2, 0) is 7.05 Å². The maximum atomic E-state index is 12.1. The standard InChI is InChI=1S/C13H12BrClN2O2/c1-17-7-8(14)5-11(17)13(18)16-9-3-4-10(15)12(6-9)19-2/h3-7H,1-2H3,(H,16,18). The molecule has 0 aliphatic rings. The average Bonchev–Trinajstić information content (AvgIpc) is 2.71. The summed E-state index contributed by atoms with van der Waals surface area (Å²) < 4.78 is 7.70. The van der Waals surface area contributed by atoms with Crippen LogP contribution in [0.1, 0.15) is 10.5 Å². The number of nitrogens with one attached hydrogen (secondary N) is 1. The van der Waals surface area contributed by atoms with Crippen molar-refractivity contribution in [2.24, 2.45) is 7.05 Å². The second-order valence-corrected chi connectivity index (χ2v) is 5.28. The number of nitrogens with zero attached hydrogens (tertiary/aromatic N) is 1. The van der Waals surface area contributed by atoms with E-state index in [0.29, 0.717) is 22.2 Å². The van der Waals surface area contributed by atoms with Crippen LogP contribution < -0.4 is 10.1 Å². The minimum Gasteiger partial charge on any atom is -0.495 e. The lowest BCUT2D eigenvalue weighted by Gasteiger charge is -2.08. The van der Waals surface area contributed by atoms with Crippen molar-refractivity contribution in [3.8, 4) is 5.75 Å². The van der Waals surface area contributed by atoms with Gasteiger partial charge in [-0.05, 0) is 34.1 Å². The first kappa shape index (κ1) is 14.0.